The monoisotopic (exact) mass is 763 g/mol. The van der Waals surface area contributed by atoms with E-state index in [0.29, 0.717) is 37.5 Å². The third-order valence-corrected chi connectivity index (χ3v) is 14.4. The van der Waals surface area contributed by atoms with E-state index in [0.717, 1.165) is 46.3 Å². The molecule has 0 radical (unpaired) electrons. The Morgan fingerprint density at radius 2 is 1.74 bits per heavy atom. The maximum atomic E-state index is 13.7. The third-order valence-electron chi connectivity index (χ3n) is 9.60. The zero-order valence-corrected chi connectivity index (χ0v) is 30.4. The van der Waals surface area contributed by atoms with Gasteiger partial charge in [-0.2, -0.15) is 0 Å². The number of hydrogen-bond acceptors (Lipinski definition) is 5. The van der Waals surface area contributed by atoms with Crippen LogP contribution >= 0.6 is 21.2 Å². The highest BCUT2D eigenvalue weighted by Gasteiger charge is 2.33. The second-order valence-corrected chi connectivity index (χ2v) is 19.2. The van der Waals surface area contributed by atoms with E-state index in [1.165, 1.54) is 24.8 Å². The number of urea groups is 1. The van der Waals surface area contributed by atoms with Gasteiger partial charge in [0.2, 0.25) is 0 Å². The third kappa shape index (κ3) is 6.67. The average molecular weight is 764 g/mol. The van der Waals surface area contributed by atoms with Crippen molar-refractivity contribution in [2.45, 2.75) is 83.1 Å². The van der Waals surface area contributed by atoms with Gasteiger partial charge in [-0.1, -0.05) is 25.3 Å². The first kappa shape index (κ1) is 33.2. The Kier molecular flexibility index (Phi) is 9.71. The molecule has 3 aliphatic rings. The maximum Gasteiger partial charge on any atom is 0.317 e. The topological polar surface area (TPSA) is 105 Å². The van der Waals surface area contributed by atoms with Crippen molar-refractivity contribution in [3.63, 3.8) is 0 Å². The Morgan fingerprint density at radius 3 is 2.41 bits per heavy atom. The van der Waals surface area contributed by atoms with Crippen molar-refractivity contribution in [2.24, 2.45) is 0 Å². The molecule has 1 aromatic heterocycles. The first-order valence-electron chi connectivity index (χ1n) is 16.3. The SMILES string of the molecule is COc1ccc2c(c1)CC(NC(=O)N1C[C@@H](C)O[C@@H](C)C1)Cn1c-2c(C2CCCCC2)c2ccc(C(=O)N[SH](=O)(I)N(C)C)cc21. The summed E-state index contributed by atoms with van der Waals surface area (Å²) in [5, 5.41) is 4.50. The van der Waals surface area contributed by atoms with Gasteiger partial charge < -0.3 is 24.3 Å². The number of carbonyl (C=O) groups is 2. The number of halogens is 1. The first-order chi connectivity index (χ1) is 21.9. The van der Waals surface area contributed by atoms with Crippen molar-refractivity contribution >= 4 is 51.5 Å². The lowest BCUT2D eigenvalue weighted by atomic mass is 9.81. The van der Waals surface area contributed by atoms with Crippen LogP contribution in [0.3, 0.4) is 0 Å². The molecule has 3 heterocycles. The summed E-state index contributed by atoms with van der Waals surface area (Å²) in [4.78, 5) is 29.0. The fourth-order valence-electron chi connectivity index (χ4n) is 7.45. The lowest BCUT2D eigenvalue weighted by molar-refractivity contribution is -0.0548. The quantitative estimate of drug-likeness (QED) is 0.173. The summed E-state index contributed by atoms with van der Waals surface area (Å²) < 4.78 is 31.2. The van der Waals surface area contributed by atoms with Gasteiger partial charge in [-0.3, -0.25) is 9.52 Å². The van der Waals surface area contributed by atoms with Gasteiger partial charge in [0.25, 0.3) is 5.91 Å². The molecular formula is C34H46IN5O5S. The van der Waals surface area contributed by atoms with Crippen molar-refractivity contribution in [1.29, 1.82) is 0 Å². The van der Waals surface area contributed by atoms with Crippen molar-refractivity contribution in [1.82, 2.24) is 23.8 Å². The minimum atomic E-state index is -3.07. The molecule has 46 heavy (non-hydrogen) atoms. The van der Waals surface area contributed by atoms with Crippen LogP contribution in [-0.2, 0) is 25.2 Å². The predicted octanol–water partition coefficient (Wildman–Crippen LogP) is 5.60. The number of methoxy groups -OCH3 is 1. The number of ether oxygens (including phenoxy) is 2. The molecule has 10 nitrogen and oxygen atoms in total. The number of fused-ring (bicyclic) bond motifs is 5. The van der Waals surface area contributed by atoms with Crippen LogP contribution in [-0.4, -0.2) is 82.5 Å². The largest absolute Gasteiger partial charge is 0.497 e. The number of hydrogen-bond donors (Lipinski definition) is 3. The van der Waals surface area contributed by atoms with Gasteiger partial charge in [-0.15, -0.1) is 0 Å². The van der Waals surface area contributed by atoms with E-state index in [2.05, 4.69) is 32.8 Å². The first-order valence-corrected chi connectivity index (χ1v) is 20.7. The van der Waals surface area contributed by atoms with E-state index >= 15 is 0 Å². The van der Waals surface area contributed by atoms with Gasteiger partial charge in [0, 0.05) is 62.9 Å². The lowest BCUT2D eigenvalue weighted by Crippen LogP contribution is -2.54. The van der Waals surface area contributed by atoms with Crippen LogP contribution in [0.4, 0.5) is 4.79 Å². The molecule has 3 amide bonds. The Hall–Kier alpha value is -2.68. The van der Waals surface area contributed by atoms with Gasteiger partial charge in [0.05, 0.1) is 38.5 Å². The van der Waals surface area contributed by atoms with E-state index in [1.807, 2.05) is 58.2 Å². The number of aromatic nitrogens is 1. The highest BCUT2D eigenvalue weighted by atomic mass is 127. The van der Waals surface area contributed by atoms with Crippen LogP contribution < -0.4 is 14.8 Å². The Bertz CT molecular complexity index is 1680. The fraction of sp³-hybridized carbons (Fsp3) is 0.529. The average Bonchev–Trinajstić information content (AvgIpc) is 3.24. The molecule has 0 spiro atoms. The van der Waals surface area contributed by atoms with Gasteiger partial charge in [-0.05, 0) is 94.6 Å². The molecule has 1 aliphatic carbocycles. The number of nitrogens with one attached hydrogen (secondary N) is 2. The summed E-state index contributed by atoms with van der Waals surface area (Å²) in [6, 6.07) is 11.8. The zero-order valence-electron chi connectivity index (χ0n) is 27.3. The Morgan fingerprint density at radius 1 is 1.02 bits per heavy atom. The van der Waals surface area contributed by atoms with Gasteiger partial charge in [0.1, 0.15) is 5.75 Å². The number of carbonyl (C=O) groups excluding carboxylic acids is 2. The molecule has 6 rings (SSSR count). The smallest absolute Gasteiger partial charge is 0.317 e. The number of nitrogens with zero attached hydrogens (tertiary/aromatic N) is 3. The van der Waals surface area contributed by atoms with Crippen LogP contribution in [0.2, 0.25) is 0 Å². The molecule has 2 fully saturated rings. The second-order valence-electron chi connectivity index (χ2n) is 13.3. The standard InChI is InChI=1S/C34H46IN5O5S/c1-21-18-39(19-22(2)45-21)34(42)36-26-15-25-16-27(44-5)12-14-28(25)32-31(23-9-7-6-8-10-23)29-13-11-24(17-30(29)40(32)20-26)33(41)37-46(35,43)38(3)4/h11-14,16-17,21-23,26,46H,6-10,15,18-20H2,1-5H3,(H,36,42)(H,37,41,43)/t21-,22+,26?. The van der Waals surface area contributed by atoms with Crippen LogP contribution in [0.15, 0.2) is 36.4 Å². The van der Waals surface area contributed by atoms with Gasteiger partial charge >= 0.3 is 6.03 Å². The van der Waals surface area contributed by atoms with Crippen LogP contribution in [0.25, 0.3) is 22.2 Å². The van der Waals surface area contributed by atoms with E-state index in [4.69, 9.17) is 9.47 Å². The van der Waals surface area contributed by atoms with E-state index in [1.54, 1.807) is 25.5 Å². The van der Waals surface area contributed by atoms with Crippen LogP contribution in [0, 0.1) is 0 Å². The molecule has 1 saturated heterocycles. The molecule has 3 aromatic rings. The van der Waals surface area contributed by atoms with Gasteiger partial charge in [0.15, 0.2) is 0 Å². The summed E-state index contributed by atoms with van der Waals surface area (Å²) in [5.41, 5.74) is 6.16. The fourth-order valence-corrected chi connectivity index (χ4v) is 8.68. The Labute approximate surface area is 284 Å². The number of rotatable bonds is 6. The minimum absolute atomic E-state index is 0.0263. The Balaban J connectivity index is 1.48. The van der Waals surface area contributed by atoms with Crippen molar-refractivity contribution < 1.29 is 23.3 Å². The van der Waals surface area contributed by atoms with Crippen LogP contribution in [0.5, 0.6) is 5.75 Å². The summed E-state index contributed by atoms with van der Waals surface area (Å²) in [6.45, 7) is 5.63. The summed E-state index contributed by atoms with van der Waals surface area (Å²) in [7, 11) is 2.00. The van der Waals surface area contributed by atoms with Crippen molar-refractivity contribution in [3.8, 4) is 17.0 Å². The second kappa shape index (κ2) is 13.4. The highest BCUT2D eigenvalue weighted by molar-refractivity contribution is 14.2. The molecule has 3 atom stereocenters. The zero-order chi connectivity index (χ0) is 32.7. The highest BCUT2D eigenvalue weighted by Crippen LogP contribution is 2.46. The molecule has 0 bridgehead atoms. The predicted molar refractivity (Wildman–Crippen MR) is 192 cm³/mol. The summed E-state index contributed by atoms with van der Waals surface area (Å²) in [5.74, 6) is 0.807. The van der Waals surface area contributed by atoms with Gasteiger partial charge in [-0.25, -0.2) is 13.3 Å². The molecule has 250 valence electrons. The number of morpholine rings is 1. The number of thiol groups is 1. The molecule has 1 unspecified atom stereocenters. The summed E-state index contributed by atoms with van der Waals surface area (Å²) >= 11 is 1.82. The van der Waals surface area contributed by atoms with E-state index in [-0.39, 0.29) is 30.2 Å². The van der Waals surface area contributed by atoms with Crippen LogP contribution in [0.1, 0.15) is 73.4 Å². The molecule has 2 aromatic carbocycles. The normalized spacial score (nSPS) is 22.6. The number of benzene rings is 2. The molecule has 12 heteroatoms. The van der Waals surface area contributed by atoms with Crippen molar-refractivity contribution in [2.75, 3.05) is 34.3 Å². The lowest BCUT2D eigenvalue weighted by Gasteiger charge is -2.36. The molecule has 2 N–H and O–H groups in total. The maximum absolute atomic E-state index is 13.7. The molecular weight excluding hydrogens is 717 g/mol. The minimum Gasteiger partial charge on any atom is -0.497 e. The summed E-state index contributed by atoms with van der Waals surface area (Å²) in [6.07, 6.45) is 6.46. The van der Waals surface area contributed by atoms with E-state index in [9.17, 15) is 13.8 Å². The van der Waals surface area contributed by atoms with Crippen molar-refractivity contribution in [3.05, 3.63) is 53.1 Å². The molecule has 1 saturated carbocycles. The number of amides is 3. The molecule has 2 aliphatic heterocycles. The van der Waals surface area contributed by atoms with E-state index < -0.39 is 7.48 Å².